The van der Waals surface area contributed by atoms with E-state index in [1.807, 2.05) is 33.2 Å². The number of aryl methyl sites for hydroxylation is 1. The zero-order chi connectivity index (χ0) is 24.2. The molecule has 0 spiro atoms. The smallest absolute Gasteiger partial charge is 0.253 e. The number of thiophene rings is 1. The molecular weight excluding hydrogens is 482 g/mol. The van der Waals surface area contributed by atoms with Crippen molar-refractivity contribution in [3.05, 3.63) is 28.8 Å². The minimum Gasteiger partial charge on any atom is -0.370 e. The van der Waals surface area contributed by atoms with Crippen LogP contribution >= 0.6 is 22.9 Å². The Morgan fingerprint density at radius 2 is 2.00 bits per heavy atom. The summed E-state index contributed by atoms with van der Waals surface area (Å²) in [6.45, 7) is 4.05. The number of halogens is 1. The molecule has 0 radical (unpaired) electrons. The van der Waals surface area contributed by atoms with Crippen molar-refractivity contribution >= 4 is 49.0 Å². The molecule has 1 amide bonds. The summed E-state index contributed by atoms with van der Waals surface area (Å²) in [6, 6.07) is 5.19. The maximum Gasteiger partial charge on any atom is 0.253 e. The fourth-order valence-electron chi connectivity index (χ4n) is 4.12. The summed E-state index contributed by atoms with van der Waals surface area (Å²) in [5.41, 5.74) is 0.734. The highest BCUT2D eigenvalue weighted by Crippen LogP contribution is 2.38. The molecule has 1 unspecified atom stereocenters. The number of likely N-dealkylation sites (N-methyl/N-ethyl adjacent to an activating group) is 1. The van der Waals surface area contributed by atoms with Crippen LogP contribution in [0.15, 0.2) is 22.4 Å². The third-order valence-corrected chi connectivity index (χ3v) is 10.1. The average molecular weight is 516 g/mol. The number of amides is 1. The van der Waals surface area contributed by atoms with E-state index in [1.54, 1.807) is 22.3 Å². The third-order valence-electron chi connectivity index (χ3n) is 6.03. The van der Waals surface area contributed by atoms with Crippen LogP contribution in [0.3, 0.4) is 0 Å². The summed E-state index contributed by atoms with van der Waals surface area (Å²) in [4.78, 5) is 16.1. The van der Waals surface area contributed by atoms with Gasteiger partial charge in [0.2, 0.25) is 5.91 Å². The van der Waals surface area contributed by atoms with Crippen molar-refractivity contribution in [1.29, 1.82) is 0 Å². The first-order valence-electron chi connectivity index (χ1n) is 11.3. The van der Waals surface area contributed by atoms with Gasteiger partial charge in [-0.2, -0.15) is 4.31 Å². The van der Waals surface area contributed by atoms with Crippen LogP contribution in [0.5, 0.6) is 0 Å². The second-order valence-electron chi connectivity index (χ2n) is 8.91. The molecule has 0 aliphatic carbocycles. The zero-order valence-electron chi connectivity index (χ0n) is 19.8. The number of nitrogens with zero attached hydrogens (tertiary/aromatic N) is 3. The van der Waals surface area contributed by atoms with E-state index >= 15 is 0 Å². The van der Waals surface area contributed by atoms with Gasteiger partial charge in [-0.3, -0.25) is 4.79 Å². The Labute approximate surface area is 206 Å². The Balaban J connectivity index is 1.65. The van der Waals surface area contributed by atoms with Gasteiger partial charge in [-0.1, -0.05) is 18.0 Å². The number of ether oxygens (including phenoxy) is 1. The standard InChI is InChI=1S/C23H34ClN3O4S2/c1-17-20-14-18(24)9-10-21(20)32-23(17)33(29,30)27-13-6-5-8-19(27)15-31-16-22(28)26(4)12-7-11-25(2)3/h9-10,14,19H,5-8,11-13,15-16H2,1-4H3. The number of piperidine rings is 1. The topological polar surface area (TPSA) is 70.2 Å². The number of carbonyl (C=O) groups is 1. The van der Waals surface area contributed by atoms with Crippen LogP contribution < -0.4 is 0 Å². The van der Waals surface area contributed by atoms with Gasteiger partial charge in [0.25, 0.3) is 10.0 Å². The van der Waals surface area contributed by atoms with E-state index in [1.165, 1.54) is 11.3 Å². The number of hydrogen-bond acceptors (Lipinski definition) is 6. The van der Waals surface area contributed by atoms with E-state index in [0.29, 0.717) is 22.3 Å². The van der Waals surface area contributed by atoms with Gasteiger partial charge < -0.3 is 14.5 Å². The Bertz CT molecular complexity index is 1070. The lowest BCUT2D eigenvalue weighted by Crippen LogP contribution is -2.46. The fraction of sp³-hybridized carbons (Fsp3) is 0.609. The lowest BCUT2D eigenvalue weighted by atomic mass is 10.1. The molecule has 33 heavy (non-hydrogen) atoms. The molecule has 1 atom stereocenters. The molecule has 2 heterocycles. The molecule has 1 saturated heterocycles. The van der Waals surface area contributed by atoms with Crippen LogP contribution in [0.25, 0.3) is 10.1 Å². The van der Waals surface area contributed by atoms with Gasteiger partial charge in [-0.15, -0.1) is 11.3 Å². The molecule has 3 rings (SSSR count). The van der Waals surface area contributed by atoms with Crippen LogP contribution in [0, 0.1) is 6.92 Å². The quantitative estimate of drug-likeness (QED) is 0.481. The summed E-state index contributed by atoms with van der Waals surface area (Å²) >= 11 is 7.41. The van der Waals surface area contributed by atoms with Crippen molar-refractivity contribution in [2.24, 2.45) is 0 Å². The highest BCUT2D eigenvalue weighted by Gasteiger charge is 2.36. The van der Waals surface area contributed by atoms with Crippen molar-refractivity contribution < 1.29 is 17.9 Å². The van der Waals surface area contributed by atoms with E-state index in [-0.39, 0.29) is 25.2 Å². The zero-order valence-corrected chi connectivity index (χ0v) is 22.2. The van der Waals surface area contributed by atoms with Gasteiger partial charge in [-0.05, 0) is 76.0 Å². The maximum atomic E-state index is 13.6. The van der Waals surface area contributed by atoms with E-state index in [9.17, 15) is 13.2 Å². The van der Waals surface area contributed by atoms with E-state index in [2.05, 4.69) is 4.90 Å². The SMILES string of the molecule is Cc1c(S(=O)(=O)N2CCCCC2COCC(=O)N(C)CCCN(C)C)sc2ccc(Cl)cc12. The van der Waals surface area contributed by atoms with Crippen molar-refractivity contribution in [2.45, 2.75) is 42.9 Å². The Hall–Kier alpha value is -1.23. The van der Waals surface area contributed by atoms with Gasteiger partial charge in [-0.25, -0.2) is 8.42 Å². The Morgan fingerprint density at radius 1 is 1.24 bits per heavy atom. The number of rotatable bonds is 10. The fourth-order valence-corrected chi connectivity index (χ4v) is 7.83. The second kappa shape index (κ2) is 11.5. The molecule has 184 valence electrons. The number of sulfonamides is 1. The molecule has 1 aromatic carbocycles. The molecule has 7 nitrogen and oxygen atoms in total. The second-order valence-corrected chi connectivity index (χ2v) is 12.5. The van der Waals surface area contributed by atoms with Crippen LogP contribution in [-0.2, 0) is 19.6 Å². The maximum absolute atomic E-state index is 13.6. The predicted octanol–water partition coefficient (Wildman–Crippen LogP) is 3.83. The summed E-state index contributed by atoms with van der Waals surface area (Å²) in [5, 5.41) is 1.46. The first-order chi connectivity index (χ1) is 15.6. The molecule has 1 fully saturated rings. The predicted molar refractivity (Wildman–Crippen MR) is 135 cm³/mol. The first kappa shape index (κ1) is 26.4. The molecule has 0 bridgehead atoms. The highest BCUT2D eigenvalue weighted by molar-refractivity contribution is 7.91. The Kier molecular flexibility index (Phi) is 9.16. The molecule has 0 saturated carbocycles. The average Bonchev–Trinajstić information content (AvgIpc) is 3.10. The van der Waals surface area contributed by atoms with Crippen LogP contribution in [-0.4, -0.2) is 88.5 Å². The minimum atomic E-state index is -3.67. The number of fused-ring (bicyclic) bond motifs is 1. The van der Waals surface area contributed by atoms with Gasteiger partial charge in [0.15, 0.2) is 0 Å². The molecular formula is C23H34ClN3O4S2. The largest absolute Gasteiger partial charge is 0.370 e. The van der Waals surface area contributed by atoms with Crippen LogP contribution in [0.1, 0.15) is 31.2 Å². The lowest BCUT2D eigenvalue weighted by Gasteiger charge is -2.34. The number of hydrogen-bond donors (Lipinski definition) is 0. The number of carbonyl (C=O) groups excluding carboxylic acids is 1. The number of benzene rings is 1. The van der Waals surface area contributed by atoms with Crippen molar-refractivity contribution in [1.82, 2.24) is 14.1 Å². The molecule has 0 N–H and O–H groups in total. The van der Waals surface area contributed by atoms with Gasteiger partial charge >= 0.3 is 0 Å². The summed E-state index contributed by atoms with van der Waals surface area (Å²) < 4.78 is 35.8. The molecule has 1 aliphatic rings. The van der Waals surface area contributed by atoms with E-state index in [0.717, 1.165) is 47.9 Å². The normalized spacial score (nSPS) is 17.7. The lowest BCUT2D eigenvalue weighted by molar-refractivity contribution is -0.135. The van der Waals surface area contributed by atoms with Crippen molar-refractivity contribution in [3.8, 4) is 0 Å². The van der Waals surface area contributed by atoms with Gasteiger partial charge in [0.1, 0.15) is 10.8 Å². The van der Waals surface area contributed by atoms with E-state index in [4.69, 9.17) is 16.3 Å². The van der Waals surface area contributed by atoms with Crippen LogP contribution in [0.4, 0.5) is 0 Å². The highest BCUT2D eigenvalue weighted by atomic mass is 35.5. The third kappa shape index (κ3) is 6.46. The first-order valence-corrected chi connectivity index (χ1v) is 13.9. The summed E-state index contributed by atoms with van der Waals surface area (Å²) in [5.74, 6) is -0.0868. The molecule has 2 aromatic rings. The Morgan fingerprint density at radius 3 is 2.73 bits per heavy atom. The van der Waals surface area contributed by atoms with Crippen LogP contribution in [0.2, 0.25) is 5.02 Å². The van der Waals surface area contributed by atoms with Crippen molar-refractivity contribution in [3.63, 3.8) is 0 Å². The summed E-state index contributed by atoms with van der Waals surface area (Å²) in [7, 11) is 2.11. The molecule has 10 heteroatoms. The summed E-state index contributed by atoms with van der Waals surface area (Å²) in [6.07, 6.45) is 3.38. The van der Waals surface area contributed by atoms with Gasteiger partial charge in [0, 0.05) is 35.9 Å². The molecule has 1 aromatic heterocycles. The van der Waals surface area contributed by atoms with E-state index < -0.39 is 10.0 Å². The molecule has 1 aliphatic heterocycles. The monoisotopic (exact) mass is 515 g/mol. The van der Waals surface area contributed by atoms with Gasteiger partial charge in [0.05, 0.1) is 6.61 Å². The minimum absolute atomic E-state index is 0.0384. The van der Waals surface area contributed by atoms with Crippen molar-refractivity contribution in [2.75, 3.05) is 54.0 Å².